The predicted molar refractivity (Wildman–Crippen MR) is 50.2 cm³/mol. The average molecular weight is 208 g/mol. The maximum absolute atomic E-state index is 5.21. The first kappa shape index (κ1) is 9.70. The van der Waals surface area contributed by atoms with Gasteiger partial charge in [-0.15, -0.1) is 22.6 Å². The molecule has 0 aromatic carbocycles. The van der Waals surface area contributed by atoms with Crippen LogP contribution in [0.2, 0.25) is 0 Å². The van der Waals surface area contributed by atoms with Crippen molar-refractivity contribution in [3.63, 3.8) is 0 Å². The van der Waals surface area contributed by atoms with E-state index in [2.05, 4.69) is 15.1 Å². The standard InChI is InChI=1S/C6H9N3OS.ClH/c1-3-10-4-2-9(1)6-8-7-5-11-6;/h5H,1-4H2;1H. The van der Waals surface area contributed by atoms with Gasteiger partial charge in [-0.05, 0) is 0 Å². The maximum Gasteiger partial charge on any atom is 0.208 e. The Bertz CT molecular complexity index is 213. The summed E-state index contributed by atoms with van der Waals surface area (Å²) < 4.78 is 5.21. The molecule has 6 heteroatoms. The molecule has 4 nitrogen and oxygen atoms in total. The topological polar surface area (TPSA) is 38.2 Å². The molecule has 0 amide bonds. The Kier molecular flexibility index (Phi) is 3.71. The zero-order chi connectivity index (χ0) is 7.52. The Labute approximate surface area is 81.0 Å². The van der Waals surface area contributed by atoms with E-state index in [-0.39, 0.29) is 12.4 Å². The molecule has 0 bridgehead atoms. The van der Waals surface area contributed by atoms with Gasteiger partial charge < -0.3 is 9.64 Å². The summed E-state index contributed by atoms with van der Waals surface area (Å²) in [4.78, 5) is 2.20. The molecule has 1 saturated heterocycles. The highest BCUT2D eigenvalue weighted by molar-refractivity contribution is 7.13. The Hall–Kier alpha value is -0.390. The summed E-state index contributed by atoms with van der Waals surface area (Å²) in [5.74, 6) is 0. The molecule has 1 fully saturated rings. The third-order valence-electron chi connectivity index (χ3n) is 1.63. The fourth-order valence-electron chi connectivity index (χ4n) is 1.06. The van der Waals surface area contributed by atoms with E-state index >= 15 is 0 Å². The van der Waals surface area contributed by atoms with Gasteiger partial charge in [0.25, 0.3) is 0 Å². The van der Waals surface area contributed by atoms with E-state index in [4.69, 9.17) is 4.74 Å². The van der Waals surface area contributed by atoms with Gasteiger partial charge in [0, 0.05) is 13.1 Å². The van der Waals surface area contributed by atoms with E-state index in [1.165, 1.54) is 0 Å². The van der Waals surface area contributed by atoms with Gasteiger partial charge in [0.2, 0.25) is 5.13 Å². The zero-order valence-electron chi connectivity index (χ0n) is 6.47. The van der Waals surface area contributed by atoms with Crippen molar-refractivity contribution in [2.75, 3.05) is 31.2 Å². The summed E-state index contributed by atoms with van der Waals surface area (Å²) in [7, 11) is 0. The van der Waals surface area contributed by atoms with Gasteiger partial charge in [-0.2, -0.15) is 0 Å². The molecule has 12 heavy (non-hydrogen) atoms. The molecule has 2 heterocycles. The third kappa shape index (κ3) is 2.06. The van der Waals surface area contributed by atoms with Crippen LogP contribution in [0.25, 0.3) is 0 Å². The minimum Gasteiger partial charge on any atom is -0.378 e. The van der Waals surface area contributed by atoms with Gasteiger partial charge in [-0.3, -0.25) is 0 Å². The normalized spacial score (nSPS) is 17.2. The minimum absolute atomic E-state index is 0. The molecule has 0 atom stereocenters. The Morgan fingerprint density at radius 1 is 1.42 bits per heavy atom. The van der Waals surface area contributed by atoms with E-state index < -0.39 is 0 Å². The van der Waals surface area contributed by atoms with Crippen molar-refractivity contribution in [1.82, 2.24) is 10.2 Å². The van der Waals surface area contributed by atoms with Crippen LogP contribution in [-0.4, -0.2) is 36.5 Å². The van der Waals surface area contributed by atoms with Crippen LogP contribution in [0.15, 0.2) is 5.51 Å². The van der Waals surface area contributed by atoms with Gasteiger partial charge in [0.1, 0.15) is 5.51 Å². The first-order chi connectivity index (χ1) is 5.47. The number of hydrogen-bond acceptors (Lipinski definition) is 5. The molecule has 0 spiro atoms. The molecule has 1 aromatic heterocycles. The van der Waals surface area contributed by atoms with Crippen molar-refractivity contribution in [1.29, 1.82) is 0 Å². The van der Waals surface area contributed by atoms with E-state index in [1.807, 2.05) is 0 Å². The number of rotatable bonds is 1. The summed E-state index contributed by atoms with van der Waals surface area (Å²) in [6.45, 7) is 3.49. The fraction of sp³-hybridized carbons (Fsp3) is 0.667. The van der Waals surface area contributed by atoms with Gasteiger partial charge in [0.15, 0.2) is 0 Å². The molecular formula is C6H10ClN3OS. The lowest BCUT2D eigenvalue weighted by Crippen LogP contribution is -2.36. The van der Waals surface area contributed by atoms with Crippen molar-refractivity contribution in [3.05, 3.63) is 5.51 Å². The highest BCUT2D eigenvalue weighted by Crippen LogP contribution is 2.16. The minimum atomic E-state index is 0. The molecule has 1 aromatic rings. The lowest BCUT2D eigenvalue weighted by Gasteiger charge is -2.25. The summed E-state index contributed by atoms with van der Waals surface area (Å²) in [6, 6.07) is 0. The maximum atomic E-state index is 5.21. The second-order valence-corrected chi connectivity index (χ2v) is 3.13. The lowest BCUT2D eigenvalue weighted by molar-refractivity contribution is 0.122. The zero-order valence-corrected chi connectivity index (χ0v) is 8.11. The van der Waals surface area contributed by atoms with E-state index in [0.717, 1.165) is 31.4 Å². The monoisotopic (exact) mass is 207 g/mol. The van der Waals surface area contributed by atoms with Crippen molar-refractivity contribution >= 4 is 28.9 Å². The summed E-state index contributed by atoms with van der Waals surface area (Å²) >= 11 is 1.58. The summed E-state index contributed by atoms with van der Waals surface area (Å²) in [5, 5.41) is 8.77. The molecular weight excluding hydrogens is 198 g/mol. The second kappa shape index (κ2) is 4.59. The molecule has 0 saturated carbocycles. The van der Waals surface area contributed by atoms with Gasteiger partial charge in [0.05, 0.1) is 13.2 Å². The largest absolute Gasteiger partial charge is 0.378 e. The molecule has 68 valence electrons. The van der Waals surface area contributed by atoms with E-state index in [9.17, 15) is 0 Å². The highest BCUT2D eigenvalue weighted by Gasteiger charge is 2.12. The Morgan fingerprint density at radius 2 is 2.17 bits per heavy atom. The Morgan fingerprint density at radius 3 is 2.75 bits per heavy atom. The quantitative estimate of drug-likeness (QED) is 0.683. The molecule has 0 radical (unpaired) electrons. The number of morpholine rings is 1. The number of anilines is 1. The summed E-state index contributed by atoms with van der Waals surface area (Å²) in [6.07, 6.45) is 0. The van der Waals surface area contributed by atoms with Crippen LogP contribution >= 0.6 is 23.7 Å². The van der Waals surface area contributed by atoms with Gasteiger partial charge in [-0.25, -0.2) is 0 Å². The van der Waals surface area contributed by atoms with Crippen LogP contribution in [0, 0.1) is 0 Å². The highest BCUT2D eigenvalue weighted by atomic mass is 35.5. The average Bonchev–Trinajstić information content (AvgIpc) is 2.58. The number of nitrogens with zero attached hydrogens (tertiary/aromatic N) is 3. The number of halogens is 1. The lowest BCUT2D eigenvalue weighted by atomic mass is 10.5. The first-order valence-corrected chi connectivity index (χ1v) is 4.43. The van der Waals surface area contributed by atoms with Crippen molar-refractivity contribution < 1.29 is 4.74 Å². The molecule has 2 rings (SSSR count). The molecule has 0 unspecified atom stereocenters. The Balaban J connectivity index is 0.000000720. The number of hydrogen-bond donors (Lipinski definition) is 0. The van der Waals surface area contributed by atoms with Crippen LogP contribution < -0.4 is 4.90 Å². The van der Waals surface area contributed by atoms with Crippen molar-refractivity contribution in [2.45, 2.75) is 0 Å². The number of aromatic nitrogens is 2. The van der Waals surface area contributed by atoms with Crippen molar-refractivity contribution in [3.8, 4) is 0 Å². The van der Waals surface area contributed by atoms with E-state index in [1.54, 1.807) is 16.8 Å². The van der Waals surface area contributed by atoms with Crippen LogP contribution in [0.5, 0.6) is 0 Å². The second-order valence-electron chi connectivity index (χ2n) is 2.32. The van der Waals surface area contributed by atoms with Crippen LogP contribution in [-0.2, 0) is 4.74 Å². The van der Waals surface area contributed by atoms with Gasteiger partial charge in [-0.1, -0.05) is 11.3 Å². The molecule has 1 aliphatic rings. The van der Waals surface area contributed by atoms with Crippen molar-refractivity contribution in [2.24, 2.45) is 0 Å². The third-order valence-corrected chi connectivity index (χ3v) is 2.38. The SMILES string of the molecule is Cl.c1nnc(N2CCOCC2)s1. The van der Waals surface area contributed by atoms with Crippen LogP contribution in [0.4, 0.5) is 5.13 Å². The molecule has 0 aliphatic carbocycles. The van der Waals surface area contributed by atoms with E-state index in [0.29, 0.717) is 0 Å². The smallest absolute Gasteiger partial charge is 0.208 e. The number of ether oxygens (including phenoxy) is 1. The fourth-order valence-corrected chi connectivity index (χ4v) is 1.67. The summed E-state index contributed by atoms with van der Waals surface area (Å²) in [5.41, 5.74) is 1.75. The van der Waals surface area contributed by atoms with Crippen LogP contribution in [0.3, 0.4) is 0 Å². The van der Waals surface area contributed by atoms with Crippen LogP contribution in [0.1, 0.15) is 0 Å². The first-order valence-electron chi connectivity index (χ1n) is 3.56. The predicted octanol–water partition coefficient (Wildman–Crippen LogP) is 0.796. The van der Waals surface area contributed by atoms with Gasteiger partial charge >= 0.3 is 0 Å². The molecule has 1 aliphatic heterocycles. The molecule has 0 N–H and O–H groups in total.